The minimum absolute atomic E-state index is 0.188. The van der Waals surface area contributed by atoms with Gasteiger partial charge in [-0.2, -0.15) is 0 Å². The molecule has 0 aromatic heterocycles. The van der Waals surface area contributed by atoms with Crippen LogP contribution in [0.3, 0.4) is 0 Å². The van der Waals surface area contributed by atoms with Gasteiger partial charge in [0.25, 0.3) is 0 Å². The summed E-state index contributed by atoms with van der Waals surface area (Å²) in [6.45, 7) is 7.18. The Labute approximate surface area is 119 Å². The maximum absolute atomic E-state index is 11.9. The number of hydrogen-bond donors (Lipinski definition) is 1. The molecule has 0 unspecified atom stereocenters. The molecule has 1 heterocycles. The maximum Gasteiger partial charge on any atom is 0.325 e. The van der Waals surface area contributed by atoms with E-state index in [1.165, 1.54) is 0 Å². The van der Waals surface area contributed by atoms with Gasteiger partial charge in [0.1, 0.15) is 23.6 Å². The molecule has 5 nitrogen and oxygen atoms in total. The molecule has 1 aliphatic heterocycles. The summed E-state index contributed by atoms with van der Waals surface area (Å²) in [5.74, 6) is 0.475. The number of hydrogen-bond acceptors (Lipinski definition) is 5. The molecule has 1 aromatic rings. The normalized spacial score (nSPS) is 16.2. The van der Waals surface area contributed by atoms with Crippen LogP contribution in [0.1, 0.15) is 27.2 Å². The Morgan fingerprint density at radius 2 is 2.25 bits per heavy atom. The van der Waals surface area contributed by atoms with Gasteiger partial charge >= 0.3 is 5.97 Å². The number of para-hydroxylation sites is 1. The third-order valence-corrected chi connectivity index (χ3v) is 3.09. The lowest BCUT2D eigenvalue weighted by atomic mass is 10.0. The molecule has 1 aliphatic rings. The van der Waals surface area contributed by atoms with Gasteiger partial charge in [-0.15, -0.1) is 0 Å². The quantitative estimate of drug-likeness (QED) is 0.675. The van der Waals surface area contributed by atoms with Gasteiger partial charge in [-0.1, -0.05) is 13.0 Å². The molecule has 110 valence electrons. The first kappa shape index (κ1) is 14.5. The monoisotopic (exact) mass is 278 g/mol. The maximum atomic E-state index is 11.9. The van der Waals surface area contributed by atoms with Gasteiger partial charge in [-0.05, 0) is 32.4 Å². The number of ether oxygens (including phenoxy) is 2. The van der Waals surface area contributed by atoms with Gasteiger partial charge in [0, 0.05) is 0 Å². The van der Waals surface area contributed by atoms with Crippen molar-refractivity contribution in [3.05, 3.63) is 18.2 Å². The van der Waals surface area contributed by atoms with Gasteiger partial charge in [-0.3, -0.25) is 4.79 Å². The lowest BCUT2D eigenvalue weighted by Crippen LogP contribution is -2.49. The number of carbonyl (C=O) groups excluding carboxylic acids is 1. The highest BCUT2D eigenvalue weighted by atomic mass is 16.5. The van der Waals surface area contributed by atoms with Crippen LogP contribution in [0.15, 0.2) is 18.2 Å². The number of rotatable bonds is 4. The standard InChI is InChI=1S/C15H22N2O3/c1-4-8-19-13(18)9-17-10-15(2,3)20-12-7-5-6-11(16)14(12)17/h5-7H,4,8-10,16H2,1-3H3. The second-order valence-electron chi connectivity index (χ2n) is 5.63. The Kier molecular flexibility index (Phi) is 4.06. The van der Waals surface area contributed by atoms with Crippen LogP contribution in [0.25, 0.3) is 0 Å². The molecule has 0 spiro atoms. The van der Waals surface area contributed by atoms with E-state index in [0.29, 0.717) is 24.6 Å². The molecule has 2 rings (SSSR count). The van der Waals surface area contributed by atoms with Crippen molar-refractivity contribution < 1.29 is 14.3 Å². The highest BCUT2D eigenvalue weighted by molar-refractivity contribution is 5.82. The molecular formula is C15H22N2O3. The van der Waals surface area contributed by atoms with Crippen LogP contribution >= 0.6 is 0 Å². The topological polar surface area (TPSA) is 64.8 Å². The van der Waals surface area contributed by atoms with E-state index >= 15 is 0 Å². The van der Waals surface area contributed by atoms with Crippen molar-refractivity contribution in [2.75, 3.05) is 30.3 Å². The van der Waals surface area contributed by atoms with Gasteiger partial charge in [0.05, 0.1) is 18.8 Å². The molecule has 0 saturated heterocycles. The Hall–Kier alpha value is -1.91. The summed E-state index contributed by atoms with van der Waals surface area (Å²) in [6, 6.07) is 5.53. The molecule has 2 N–H and O–H groups in total. The fourth-order valence-electron chi connectivity index (χ4n) is 2.38. The van der Waals surface area contributed by atoms with Gasteiger partial charge in [-0.25, -0.2) is 0 Å². The van der Waals surface area contributed by atoms with Crippen LogP contribution in [-0.4, -0.2) is 31.3 Å². The molecule has 5 heteroatoms. The van der Waals surface area contributed by atoms with Gasteiger partial charge < -0.3 is 20.1 Å². The number of esters is 1. The number of nitrogens with zero attached hydrogens (tertiary/aromatic N) is 1. The number of fused-ring (bicyclic) bond motifs is 1. The van der Waals surface area contributed by atoms with Crippen LogP contribution in [0.2, 0.25) is 0 Å². The second-order valence-corrected chi connectivity index (χ2v) is 5.63. The number of anilines is 2. The van der Waals surface area contributed by atoms with Crippen LogP contribution in [0, 0.1) is 0 Å². The predicted molar refractivity (Wildman–Crippen MR) is 79.0 cm³/mol. The van der Waals surface area contributed by atoms with Crippen molar-refractivity contribution in [2.45, 2.75) is 32.8 Å². The molecule has 0 saturated carbocycles. The van der Waals surface area contributed by atoms with Crippen molar-refractivity contribution in [2.24, 2.45) is 0 Å². The van der Waals surface area contributed by atoms with E-state index in [0.717, 1.165) is 12.1 Å². The van der Waals surface area contributed by atoms with E-state index in [4.69, 9.17) is 15.2 Å². The summed E-state index contributed by atoms with van der Waals surface area (Å²) in [5.41, 5.74) is 7.04. The van der Waals surface area contributed by atoms with Gasteiger partial charge in [0.15, 0.2) is 0 Å². The highest BCUT2D eigenvalue weighted by Gasteiger charge is 2.33. The highest BCUT2D eigenvalue weighted by Crippen LogP contribution is 2.40. The number of carbonyl (C=O) groups is 1. The summed E-state index contributed by atoms with van der Waals surface area (Å²) in [6.07, 6.45) is 0.819. The molecule has 1 aromatic carbocycles. The molecule has 0 radical (unpaired) electrons. The molecule has 20 heavy (non-hydrogen) atoms. The smallest absolute Gasteiger partial charge is 0.325 e. The summed E-state index contributed by atoms with van der Waals surface area (Å²) >= 11 is 0. The van der Waals surface area contributed by atoms with E-state index < -0.39 is 0 Å². The van der Waals surface area contributed by atoms with E-state index in [9.17, 15) is 4.79 Å². The van der Waals surface area contributed by atoms with Crippen molar-refractivity contribution in [3.63, 3.8) is 0 Å². The first-order valence-electron chi connectivity index (χ1n) is 6.91. The molecule has 0 bridgehead atoms. The van der Waals surface area contributed by atoms with E-state index in [2.05, 4.69) is 0 Å². The number of nitrogens with two attached hydrogens (primary N) is 1. The first-order chi connectivity index (χ1) is 9.43. The van der Waals surface area contributed by atoms with Crippen LogP contribution in [0.5, 0.6) is 5.75 Å². The zero-order chi connectivity index (χ0) is 14.8. The van der Waals surface area contributed by atoms with Crippen molar-refractivity contribution in [1.82, 2.24) is 0 Å². The first-order valence-corrected chi connectivity index (χ1v) is 6.91. The minimum atomic E-state index is -0.369. The van der Waals surface area contributed by atoms with Crippen LogP contribution in [0.4, 0.5) is 11.4 Å². The Balaban J connectivity index is 2.22. The summed E-state index contributed by atoms with van der Waals surface area (Å²) in [7, 11) is 0. The molecule has 0 amide bonds. The van der Waals surface area contributed by atoms with Crippen molar-refractivity contribution in [3.8, 4) is 5.75 Å². The fraction of sp³-hybridized carbons (Fsp3) is 0.533. The molecule has 0 fully saturated rings. The van der Waals surface area contributed by atoms with E-state index in [1.807, 2.05) is 43.9 Å². The minimum Gasteiger partial charge on any atom is -0.484 e. The molecule has 0 aliphatic carbocycles. The Morgan fingerprint density at radius 3 is 2.95 bits per heavy atom. The fourth-order valence-corrected chi connectivity index (χ4v) is 2.38. The third kappa shape index (κ3) is 3.15. The lowest BCUT2D eigenvalue weighted by Gasteiger charge is -2.40. The lowest BCUT2D eigenvalue weighted by molar-refractivity contribution is -0.142. The third-order valence-electron chi connectivity index (χ3n) is 3.09. The number of benzene rings is 1. The average Bonchev–Trinajstić information content (AvgIpc) is 2.34. The van der Waals surface area contributed by atoms with E-state index in [1.54, 1.807) is 0 Å². The Morgan fingerprint density at radius 1 is 1.50 bits per heavy atom. The van der Waals surface area contributed by atoms with Crippen molar-refractivity contribution >= 4 is 17.3 Å². The number of nitrogen functional groups attached to an aromatic ring is 1. The zero-order valence-corrected chi connectivity index (χ0v) is 12.3. The van der Waals surface area contributed by atoms with E-state index in [-0.39, 0.29) is 18.1 Å². The average molecular weight is 278 g/mol. The predicted octanol–water partition coefficient (Wildman–Crippen LogP) is 2.20. The molecular weight excluding hydrogens is 256 g/mol. The summed E-state index contributed by atoms with van der Waals surface area (Å²) < 4.78 is 11.1. The Bertz CT molecular complexity index is 500. The zero-order valence-electron chi connectivity index (χ0n) is 12.3. The van der Waals surface area contributed by atoms with Crippen molar-refractivity contribution in [1.29, 1.82) is 0 Å². The second kappa shape index (κ2) is 5.61. The van der Waals surface area contributed by atoms with Gasteiger partial charge in [0.2, 0.25) is 0 Å². The largest absolute Gasteiger partial charge is 0.484 e. The van der Waals surface area contributed by atoms with Crippen LogP contribution in [-0.2, 0) is 9.53 Å². The SMILES string of the molecule is CCCOC(=O)CN1CC(C)(C)Oc2cccc(N)c21. The summed E-state index contributed by atoms with van der Waals surface area (Å²) in [4.78, 5) is 13.8. The van der Waals surface area contributed by atoms with Crippen LogP contribution < -0.4 is 15.4 Å². The molecule has 0 atom stereocenters. The summed E-state index contributed by atoms with van der Waals surface area (Å²) in [5, 5.41) is 0.